The number of fused-ring (bicyclic) bond motifs is 3. The van der Waals surface area contributed by atoms with Gasteiger partial charge >= 0.3 is 6.03 Å². The predicted octanol–water partition coefficient (Wildman–Crippen LogP) is 3.18. The van der Waals surface area contributed by atoms with Crippen LogP contribution >= 0.6 is 11.3 Å². The minimum Gasteiger partial charge on any atom is -0.394 e. The van der Waals surface area contributed by atoms with Crippen molar-refractivity contribution >= 4 is 33.3 Å². The monoisotopic (exact) mass is 327 g/mol. The first-order chi connectivity index (χ1) is 11.3. The Morgan fingerprint density at radius 3 is 3.00 bits per heavy atom. The molecule has 1 atom stereocenters. The Bertz CT molecular complexity index is 841. The Kier molecular flexibility index (Phi) is 3.55. The molecule has 1 aliphatic heterocycles. The highest BCUT2D eigenvalue weighted by Crippen LogP contribution is 2.30. The van der Waals surface area contributed by atoms with E-state index in [0.29, 0.717) is 13.0 Å². The van der Waals surface area contributed by atoms with Gasteiger partial charge in [-0.2, -0.15) is 0 Å². The van der Waals surface area contributed by atoms with Gasteiger partial charge in [0.1, 0.15) is 0 Å². The standard InChI is InChI=1S/C17H17N3O2S/c21-10-11-8-13-12-4-1-2-5-14(12)18-15(13)9-20(11)17(22)19-16-6-3-7-23-16/h1-7,11,18,21H,8-10H2,(H,19,22). The summed E-state index contributed by atoms with van der Waals surface area (Å²) in [6.07, 6.45) is 0.660. The summed E-state index contributed by atoms with van der Waals surface area (Å²) in [7, 11) is 0. The van der Waals surface area contributed by atoms with Crippen LogP contribution in [-0.4, -0.2) is 33.7 Å². The van der Waals surface area contributed by atoms with E-state index in [9.17, 15) is 9.90 Å². The number of aliphatic hydroxyl groups is 1. The number of amides is 2. The number of para-hydroxylation sites is 1. The van der Waals surface area contributed by atoms with Crippen molar-refractivity contribution in [3.63, 3.8) is 0 Å². The highest BCUT2D eigenvalue weighted by atomic mass is 32.1. The number of nitrogens with one attached hydrogen (secondary N) is 2. The maximum Gasteiger partial charge on any atom is 0.323 e. The Hall–Kier alpha value is -2.31. The minimum absolute atomic E-state index is 0.0448. The molecule has 4 rings (SSSR count). The number of aromatic amines is 1. The Morgan fingerprint density at radius 1 is 1.35 bits per heavy atom. The molecule has 0 aliphatic carbocycles. The van der Waals surface area contributed by atoms with E-state index in [4.69, 9.17) is 0 Å². The molecule has 5 nitrogen and oxygen atoms in total. The van der Waals surface area contributed by atoms with Gasteiger partial charge in [-0.3, -0.25) is 5.32 Å². The SMILES string of the molecule is O=C(Nc1cccs1)N1Cc2[nH]c3ccccc3c2CC1CO. The lowest BCUT2D eigenvalue weighted by molar-refractivity contribution is 0.129. The zero-order valence-electron chi connectivity index (χ0n) is 12.5. The number of carbonyl (C=O) groups is 1. The molecule has 0 saturated heterocycles. The molecule has 3 aromatic rings. The largest absolute Gasteiger partial charge is 0.394 e. The van der Waals surface area contributed by atoms with E-state index in [-0.39, 0.29) is 18.7 Å². The van der Waals surface area contributed by atoms with Crippen molar-refractivity contribution < 1.29 is 9.90 Å². The number of thiophene rings is 1. The van der Waals surface area contributed by atoms with Gasteiger partial charge in [0.25, 0.3) is 0 Å². The first-order valence-electron chi connectivity index (χ1n) is 7.56. The predicted molar refractivity (Wildman–Crippen MR) is 91.8 cm³/mol. The zero-order valence-corrected chi connectivity index (χ0v) is 13.3. The highest BCUT2D eigenvalue weighted by Gasteiger charge is 2.31. The average molecular weight is 327 g/mol. The fourth-order valence-electron chi connectivity index (χ4n) is 3.20. The number of hydrogen-bond donors (Lipinski definition) is 3. The number of aliphatic hydroxyl groups excluding tert-OH is 1. The van der Waals surface area contributed by atoms with Crippen LogP contribution in [0.1, 0.15) is 11.3 Å². The second-order valence-corrected chi connectivity index (χ2v) is 6.65. The van der Waals surface area contributed by atoms with E-state index in [1.165, 1.54) is 22.3 Å². The topological polar surface area (TPSA) is 68.4 Å². The summed E-state index contributed by atoms with van der Waals surface area (Å²) < 4.78 is 0. The smallest absolute Gasteiger partial charge is 0.323 e. The fraction of sp³-hybridized carbons (Fsp3) is 0.235. The van der Waals surface area contributed by atoms with Crippen LogP contribution in [0.4, 0.5) is 9.80 Å². The van der Waals surface area contributed by atoms with Gasteiger partial charge in [0.15, 0.2) is 0 Å². The summed E-state index contributed by atoms with van der Waals surface area (Å²) in [6, 6.07) is 11.5. The fourth-order valence-corrected chi connectivity index (χ4v) is 3.80. The summed E-state index contributed by atoms with van der Waals surface area (Å²) >= 11 is 1.48. The Balaban J connectivity index is 1.65. The summed E-state index contributed by atoms with van der Waals surface area (Å²) in [5, 5.41) is 16.6. The van der Waals surface area contributed by atoms with Gasteiger partial charge in [-0.25, -0.2) is 4.79 Å². The molecule has 0 bridgehead atoms. The summed E-state index contributed by atoms with van der Waals surface area (Å²) in [4.78, 5) is 17.7. The molecule has 6 heteroatoms. The van der Waals surface area contributed by atoms with Gasteiger partial charge in [0.2, 0.25) is 0 Å². The van der Waals surface area contributed by atoms with Crippen LogP contribution in [-0.2, 0) is 13.0 Å². The van der Waals surface area contributed by atoms with Crippen molar-refractivity contribution in [2.75, 3.05) is 11.9 Å². The van der Waals surface area contributed by atoms with Gasteiger partial charge in [-0.1, -0.05) is 18.2 Å². The number of aromatic nitrogens is 1. The maximum atomic E-state index is 12.6. The van der Waals surface area contributed by atoms with E-state index in [1.54, 1.807) is 4.90 Å². The lowest BCUT2D eigenvalue weighted by Gasteiger charge is -2.34. The first-order valence-corrected chi connectivity index (χ1v) is 8.44. The van der Waals surface area contributed by atoms with Crippen molar-refractivity contribution in [2.45, 2.75) is 19.0 Å². The number of anilines is 1. The molecule has 3 N–H and O–H groups in total. The zero-order chi connectivity index (χ0) is 15.8. The number of carbonyl (C=O) groups excluding carboxylic acids is 1. The molecule has 23 heavy (non-hydrogen) atoms. The molecule has 2 amide bonds. The van der Waals surface area contributed by atoms with Crippen LogP contribution in [0.2, 0.25) is 0 Å². The van der Waals surface area contributed by atoms with Crippen LogP contribution in [0.15, 0.2) is 41.8 Å². The third-order valence-corrected chi connectivity index (χ3v) is 5.12. The molecule has 0 spiro atoms. The normalized spacial score (nSPS) is 17.3. The van der Waals surface area contributed by atoms with Gasteiger partial charge in [-0.15, -0.1) is 11.3 Å². The summed E-state index contributed by atoms with van der Waals surface area (Å²) in [5.74, 6) is 0. The van der Waals surface area contributed by atoms with E-state index in [1.807, 2.05) is 35.7 Å². The van der Waals surface area contributed by atoms with Gasteiger partial charge in [0, 0.05) is 16.6 Å². The molecule has 0 radical (unpaired) electrons. The number of benzene rings is 1. The van der Waals surface area contributed by atoms with Crippen LogP contribution < -0.4 is 5.32 Å². The third-order valence-electron chi connectivity index (χ3n) is 4.33. The van der Waals surface area contributed by atoms with E-state index >= 15 is 0 Å². The van der Waals surface area contributed by atoms with Crippen LogP contribution in [0, 0.1) is 0 Å². The number of H-pyrrole nitrogens is 1. The van der Waals surface area contributed by atoms with Crippen molar-refractivity contribution in [3.05, 3.63) is 53.0 Å². The lowest BCUT2D eigenvalue weighted by atomic mass is 9.97. The Morgan fingerprint density at radius 2 is 2.22 bits per heavy atom. The van der Waals surface area contributed by atoms with Crippen molar-refractivity contribution in [2.24, 2.45) is 0 Å². The molecular weight excluding hydrogens is 310 g/mol. The van der Waals surface area contributed by atoms with Gasteiger partial charge in [-0.05, 0) is 35.6 Å². The molecule has 0 saturated carbocycles. The third kappa shape index (κ3) is 2.50. The van der Waals surface area contributed by atoms with E-state index < -0.39 is 0 Å². The first kappa shape index (κ1) is 14.3. The van der Waals surface area contributed by atoms with Gasteiger partial charge in [0.05, 0.1) is 24.2 Å². The Labute approximate surface area is 137 Å². The molecule has 1 aliphatic rings. The van der Waals surface area contributed by atoms with Crippen molar-refractivity contribution in [3.8, 4) is 0 Å². The molecule has 3 heterocycles. The minimum atomic E-state index is -0.207. The second-order valence-electron chi connectivity index (χ2n) is 5.70. The number of urea groups is 1. The molecule has 1 aromatic carbocycles. The van der Waals surface area contributed by atoms with E-state index in [0.717, 1.165) is 16.2 Å². The summed E-state index contributed by atoms with van der Waals surface area (Å²) in [5.41, 5.74) is 3.34. The maximum absolute atomic E-state index is 12.6. The van der Waals surface area contributed by atoms with Crippen LogP contribution in [0.3, 0.4) is 0 Å². The second kappa shape index (κ2) is 5.72. The number of nitrogens with zero attached hydrogens (tertiary/aromatic N) is 1. The summed E-state index contributed by atoms with van der Waals surface area (Å²) in [6.45, 7) is 0.434. The van der Waals surface area contributed by atoms with E-state index in [2.05, 4.69) is 16.4 Å². The number of rotatable bonds is 2. The molecule has 1 unspecified atom stereocenters. The lowest BCUT2D eigenvalue weighted by Crippen LogP contribution is -2.48. The molecule has 2 aromatic heterocycles. The van der Waals surface area contributed by atoms with Crippen LogP contribution in [0.25, 0.3) is 10.9 Å². The quantitative estimate of drug-likeness (QED) is 0.677. The van der Waals surface area contributed by atoms with Crippen molar-refractivity contribution in [1.82, 2.24) is 9.88 Å². The van der Waals surface area contributed by atoms with Crippen molar-refractivity contribution in [1.29, 1.82) is 0 Å². The molecule has 0 fully saturated rings. The number of hydrogen-bond acceptors (Lipinski definition) is 3. The van der Waals surface area contributed by atoms with Gasteiger partial charge < -0.3 is 15.0 Å². The molecular formula is C17H17N3O2S. The van der Waals surface area contributed by atoms with Crippen LogP contribution in [0.5, 0.6) is 0 Å². The highest BCUT2D eigenvalue weighted by molar-refractivity contribution is 7.14. The molecule has 118 valence electrons. The average Bonchev–Trinajstić information content (AvgIpc) is 3.20.